The fourth-order valence-corrected chi connectivity index (χ4v) is 2.66. The van der Waals surface area contributed by atoms with Crippen LogP contribution in [0.4, 0.5) is 0 Å². The van der Waals surface area contributed by atoms with Crippen LogP contribution in [0.5, 0.6) is 23.0 Å². The van der Waals surface area contributed by atoms with Crippen molar-refractivity contribution in [1.82, 2.24) is 0 Å². The Hall–Kier alpha value is -0.270. The van der Waals surface area contributed by atoms with Crippen LogP contribution < -0.4 is 9.47 Å². The highest BCUT2D eigenvalue weighted by atomic mass is 127. The first-order valence-electron chi connectivity index (χ1n) is 4.78. The van der Waals surface area contributed by atoms with Crippen molar-refractivity contribution in [3.8, 4) is 23.0 Å². The SMILES string of the molecule is Brc1cc2c(cc1Br)Oc1cc(I)ccc1O2. The topological polar surface area (TPSA) is 18.5 Å². The zero-order chi connectivity index (χ0) is 12.0. The van der Waals surface area contributed by atoms with Gasteiger partial charge in [0.1, 0.15) is 0 Å². The molecule has 3 rings (SSSR count). The molecule has 0 atom stereocenters. The van der Waals surface area contributed by atoms with Crippen molar-refractivity contribution in [3.63, 3.8) is 0 Å². The van der Waals surface area contributed by atoms with Crippen LogP contribution in [0, 0.1) is 3.57 Å². The Bertz CT molecular complexity index is 614. The Morgan fingerprint density at radius 3 is 1.94 bits per heavy atom. The van der Waals surface area contributed by atoms with Gasteiger partial charge in [-0.15, -0.1) is 0 Å². The predicted octanol–water partition coefficient (Wildman–Crippen LogP) is 5.71. The van der Waals surface area contributed by atoms with E-state index in [0.29, 0.717) is 5.75 Å². The molecule has 0 spiro atoms. The molecule has 86 valence electrons. The van der Waals surface area contributed by atoms with E-state index in [-0.39, 0.29) is 0 Å². The summed E-state index contributed by atoms with van der Waals surface area (Å²) in [5.74, 6) is 2.93. The Morgan fingerprint density at radius 2 is 1.29 bits per heavy atom. The molecule has 0 amide bonds. The third kappa shape index (κ3) is 2.20. The van der Waals surface area contributed by atoms with E-state index in [0.717, 1.165) is 29.8 Å². The van der Waals surface area contributed by atoms with Gasteiger partial charge in [-0.3, -0.25) is 0 Å². The maximum Gasteiger partial charge on any atom is 0.171 e. The largest absolute Gasteiger partial charge is 0.449 e. The minimum Gasteiger partial charge on any atom is -0.449 e. The van der Waals surface area contributed by atoms with E-state index in [4.69, 9.17) is 9.47 Å². The number of fused-ring (bicyclic) bond motifs is 2. The summed E-state index contributed by atoms with van der Waals surface area (Å²) >= 11 is 9.13. The second-order valence-electron chi connectivity index (χ2n) is 3.51. The van der Waals surface area contributed by atoms with Crippen LogP contribution in [0.25, 0.3) is 0 Å². The zero-order valence-corrected chi connectivity index (χ0v) is 13.7. The molecule has 0 unspecified atom stereocenters. The summed E-state index contributed by atoms with van der Waals surface area (Å²) in [7, 11) is 0. The van der Waals surface area contributed by atoms with Gasteiger partial charge >= 0.3 is 0 Å². The lowest BCUT2D eigenvalue weighted by Gasteiger charge is -2.21. The van der Waals surface area contributed by atoms with Crippen LogP contribution in [0.15, 0.2) is 39.3 Å². The zero-order valence-electron chi connectivity index (χ0n) is 8.34. The van der Waals surface area contributed by atoms with Crippen LogP contribution in [0.2, 0.25) is 0 Å². The van der Waals surface area contributed by atoms with E-state index in [1.165, 1.54) is 0 Å². The van der Waals surface area contributed by atoms with E-state index < -0.39 is 0 Å². The molecule has 5 heteroatoms. The van der Waals surface area contributed by atoms with Gasteiger partial charge in [-0.2, -0.15) is 0 Å². The predicted molar refractivity (Wildman–Crippen MR) is 81.1 cm³/mol. The fourth-order valence-electron chi connectivity index (χ4n) is 1.55. The highest BCUT2D eigenvalue weighted by molar-refractivity contribution is 14.1. The highest BCUT2D eigenvalue weighted by Gasteiger charge is 2.20. The van der Waals surface area contributed by atoms with Crippen LogP contribution in [0.1, 0.15) is 0 Å². The molecular weight excluding hydrogens is 463 g/mol. The molecular formula is C12H5Br2IO2. The van der Waals surface area contributed by atoms with Gasteiger partial charge in [-0.25, -0.2) is 0 Å². The molecule has 0 saturated heterocycles. The lowest BCUT2D eigenvalue weighted by Crippen LogP contribution is -1.99. The second-order valence-corrected chi connectivity index (χ2v) is 6.46. The number of benzene rings is 2. The minimum absolute atomic E-state index is 0.716. The summed E-state index contributed by atoms with van der Waals surface area (Å²) in [6.45, 7) is 0. The molecule has 0 fully saturated rings. The van der Waals surface area contributed by atoms with Gasteiger partial charge in [-0.05, 0) is 72.6 Å². The smallest absolute Gasteiger partial charge is 0.171 e. The van der Waals surface area contributed by atoms with Crippen LogP contribution in [-0.2, 0) is 0 Å². The molecule has 0 bridgehead atoms. The first-order valence-corrected chi connectivity index (χ1v) is 7.44. The van der Waals surface area contributed by atoms with Gasteiger partial charge in [0.2, 0.25) is 0 Å². The summed E-state index contributed by atoms with van der Waals surface area (Å²) in [4.78, 5) is 0. The number of hydrogen-bond donors (Lipinski definition) is 0. The summed E-state index contributed by atoms with van der Waals surface area (Å²) in [6, 6.07) is 9.63. The monoisotopic (exact) mass is 466 g/mol. The van der Waals surface area contributed by atoms with Crippen molar-refractivity contribution in [2.75, 3.05) is 0 Å². The Kier molecular flexibility index (Phi) is 3.08. The van der Waals surface area contributed by atoms with Crippen LogP contribution >= 0.6 is 54.5 Å². The van der Waals surface area contributed by atoms with Crippen molar-refractivity contribution in [2.45, 2.75) is 0 Å². The Balaban J connectivity index is 2.11. The first-order chi connectivity index (χ1) is 8.13. The molecule has 1 heterocycles. The average Bonchev–Trinajstić information content (AvgIpc) is 2.28. The van der Waals surface area contributed by atoms with Gasteiger partial charge < -0.3 is 9.47 Å². The molecule has 0 aliphatic carbocycles. The van der Waals surface area contributed by atoms with E-state index in [1.54, 1.807) is 0 Å². The molecule has 0 N–H and O–H groups in total. The third-order valence-electron chi connectivity index (χ3n) is 2.33. The normalized spacial score (nSPS) is 12.2. The lowest BCUT2D eigenvalue weighted by atomic mass is 10.2. The van der Waals surface area contributed by atoms with E-state index in [9.17, 15) is 0 Å². The Morgan fingerprint density at radius 1 is 0.765 bits per heavy atom. The average molecular weight is 468 g/mol. The molecule has 1 aliphatic heterocycles. The fraction of sp³-hybridized carbons (Fsp3) is 0. The van der Waals surface area contributed by atoms with Crippen molar-refractivity contribution >= 4 is 54.5 Å². The van der Waals surface area contributed by atoms with Gasteiger partial charge in [0.05, 0.1) is 0 Å². The molecule has 2 nitrogen and oxygen atoms in total. The molecule has 0 aromatic heterocycles. The number of ether oxygens (including phenoxy) is 2. The van der Waals surface area contributed by atoms with Gasteiger partial charge in [0.15, 0.2) is 23.0 Å². The summed E-state index contributed by atoms with van der Waals surface area (Å²) in [6.07, 6.45) is 0. The molecule has 0 saturated carbocycles. The van der Waals surface area contributed by atoms with Gasteiger partial charge in [-0.1, -0.05) is 0 Å². The van der Waals surface area contributed by atoms with Crippen LogP contribution in [-0.4, -0.2) is 0 Å². The summed E-state index contributed by atoms with van der Waals surface area (Å²) in [5.41, 5.74) is 0. The summed E-state index contributed by atoms with van der Waals surface area (Å²) < 4.78 is 14.6. The van der Waals surface area contributed by atoms with Crippen LogP contribution in [0.3, 0.4) is 0 Å². The Labute approximate surface area is 129 Å². The van der Waals surface area contributed by atoms with Crippen molar-refractivity contribution < 1.29 is 9.47 Å². The van der Waals surface area contributed by atoms with Crippen molar-refractivity contribution in [3.05, 3.63) is 42.8 Å². The number of halogens is 3. The van der Waals surface area contributed by atoms with Gasteiger partial charge in [0.25, 0.3) is 0 Å². The number of rotatable bonds is 0. The van der Waals surface area contributed by atoms with E-state index in [1.807, 2.05) is 30.3 Å². The third-order valence-corrected chi connectivity index (χ3v) is 4.85. The second kappa shape index (κ2) is 4.44. The molecule has 0 radical (unpaired) electrons. The maximum absolute atomic E-state index is 5.81. The van der Waals surface area contributed by atoms with Crippen molar-refractivity contribution in [2.24, 2.45) is 0 Å². The summed E-state index contributed by atoms with van der Waals surface area (Å²) in [5, 5.41) is 0. The van der Waals surface area contributed by atoms with E-state index in [2.05, 4.69) is 54.5 Å². The molecule has 1 aliphatic rings. The quantitative estimate of drug-likeness (QED) is 0.394. The van der Waals surface area contributed by atoms with Crippen molar-refractivity contribution in [1.29, 1.82) is 0 Å². The molecule has 17 heavy (non-hydrogen) atoms. The maximum atomic E-state index is 5.81. The molecule has 2 aromatic rings. The van der Waals surface area contributed by atoms with Gasteiger partial charge in [0, 0.05) is 24.6 Å². The lowest BCUT2D eigenvalue weighted by molar-refractivity contribution is 0.359. The standard InChI is InChI=1S/C12H5Br2IO2/c13-7-4-11-12(5-8(7)14)17-10-3-6(15)1-2-9(10)16-11/h1-5H. The van der Waals surface area contributed by atoms with E-state index >= 15 is 0 Å². The molecule has 2 aromatic carbocycles. The highest BCUT2D eigenvalue weighted by Crippen LogP contribution is 2.48. The number of hydrogen-bond acceptors (Lipinski definition) is 2. The minimum atomic E-state index is 0.716. The first kappa shape index (κ1) is 11.8.